The molecule has 0 N–H and O–H groups in total. The van der Waals surface area contributed by atoms with Gasteiger partial charge >= 0.3 is 0 Å². The first-order chi connectivity index (χ1) is 6.16. The number of hydrogen-bond acceptors (Lipinski definition) is 4. The van der Waals surface area contributed by atoms with Gasteiger partial charge in [-0.25, -0.2) is 0 Å². The molecule has 0 aromatic heterocycles. The molecule has 0 aliphatic heterocycles. The molecule has 0 spiro atoms. The van der Waals surface area contributed by atoms with Crippen molar-refractivity contribution in [3.63, 3.8) is 0 Å². The van der Waals surface area contributed by atoms with Gasteiger partial charge in [-0.3, -0.25) is 4.18 Å². The standard InChI is InChI=1S/C9H20O4S/c1-8(6-9(2,3)12-4)7-13-14(5,10)11/h8H,6-7H2,1-5H3/t8-/m0/s1. The molecule has 14 heavy (non-hydrogen) atoms. The van der Waals surface area contributed by atoms with E-state index >= 15 is 0 Å². The Hall–Kier alpha value is -0.130. The van der Waals surface area contributed by atoms with Gasteiger partial charge in [0.25, 0.3) is 10.1 Å². The van der Waals surface area contributed by atoms with Crippen LogP contribution < -0.4 is 0 Å². The molecule has 0 radical (unpaired) electrons. The van der Waals surface area contributed by atoms with Crippen molar-refractivity contribution in [3.8, 4) is 0 Å². The van der Waals surface area contributed by atoms with E-state index in [0.717, 1.165) is 12.7 Å². The van der Waals surface area contributed by atoms with Crippen molar-refractivity contribution in [1.29, 1.82) is 0 Å². The van der Waals surface area contributed by atoms with Crippen LogP contribution in [0.5, 0.6) is 0 Å². The van der Waals surface area contributed by atoms with Gasteiger partial charge in [-0.2, -0.15) is 8.42 Å². The fourth-order valence-corrected chi connectivity index (χ4v) is 1.70. The Balaban J connectivity index is 3.94. The predicted octanol–water partition coefficient (Wildman–Crippen LogP) is 1.41. The minimum absolute atomic E-state index is 0.152. The van der Waals surface area contributed by atoms with Crippen LogP contribution in [0.1, 0.15) is 27.2 Å². The molecule has 0 saturated carbocycles. The summed E-state index contributed by atoms with van der Waals surface area (Å²) in [4.78, 5) is 0. The fraction of sp³-hybridized carbons (Fsp3) is 1.00. The van der Waals surface area contributed by atoms with Crippen LogP contribution in [0.25, 0.3) is 0 Å². The van der Waals surface area contributed by atoms with Gasteiger partial charge in [0.05, 0.1) is 18.5 Å². The van der Waals surface area contributed by atoms with Gasteiger partial charge in [0.1, 0.15) is 0 Å². The van der Waals surface area contributed by atoms with Gasteiger partial charge in [0.2, 0.25) is 0 Å². The summed E-state index contributed by atoms with van der Waals surface area (Å²) in [5.74, 6) is 0.152. The summed E-state index contributed by atoms with van der Waals surface area (Å²) in [6.45, 7) is 6.07. The van der Waals surface area contributed by atoms with E-state index in [-0.39, 0.29) is 18.1 Å². The molecular formula is C9H20O4S. The zero-order valence-corrected chi connectivity index (χ0v) is 10.3. The van der Waals surface area contributed by atoms with Crippen LogP contribution in [0.15, 0.2) is 0 Å². The first kappa shape index (κ1) is 13.9. The molecule has 1 atom stereocenters. The molecule has 0 saturated heterocycles. The summed E-state index contributed by atoms with van der Waals surface area (Å²) in [5.41, 5.74) is -0.236. The highest BCUT2D eigenvalue weighted by Gasteiger charge is 2.21. The van der Waals surface area contributed by atoms with E-state index in [4.69, 9.17) is 8.92 Å². The van der Waals surface area contributed by atoms with Gasteiger partial charge in [-0.05, 0) is 26.2 Å². The molecular weight excluding hydrogens is 204 g/mol. The van der Waals surface area contributed by atoms with Crippen molar-refractivity contribution >= 4 is 10.1 Å². The van der Waals surface area contributed by atoms with Crippen LogP contribution in [-0.4, -0.2) is 34.0 Å². The van der Waals surface area contributed by atoms with Crippen LogP contribution in [0.3, 0.4) is 0 Å². The minimum Gasteiger partial charge on any atom is -0.379 e. The largest absolute Gasteiger partial charge is 0.379 e. The van der Waals surface area contributed by atoms with Crippen molar-refractivity contribution in [2.45, 2.75) is 32.8 Å². The summed E-state index contributed by atoms with van der Waals surface area (Å²) in [6, 6.07) is 0. The highest BCUT2D eigenvalue weighted by molar-refractivity contribution is 7.85. The molecule has 0 aromatic rings. The lowest BCUT2D eigenvalue weighted by atomic mass is 9.95. The zero-order chi connectivity index (χ0) is 11.4. The summed E-state index contributed by atoms with van der Waals surface area (Å²) in [5, 5.41) is 0. The van der Waals surface area contributed by atoms with Crippen LogP contribution in [0, 0.1) is 5.92 Å². The number of methoxy groups -OCH3 is 1. The van der Waals surface area contributed by atoms with Crippen molar-refractivity contribution in [2.75, 3.05) is 20.0 Å². The Morgan fingerprint density at radius 2 is 1.86 bits per heavy atom. The lowest BCUT2D eigenvalue weighted by Crippen LogP contribution is -2.27. The van der Waals surface area contributed by atoms with Crippen LogP contribution in [-0.2, 0) is 19.0 Å². The third-order valence-corrected chi connectivity index (χ3v) is 2.52. The molecule has 5 heteroatoms. The molecule has 0 bridgehead atoms. The van der Waals surface area contributed by atoms with Crippen LogP contribution in [0.2, 0.25) is 0 Å². The number of rotatable bonds is 6. The van der Waals surface area contributed by atoms with Crippen molar-refractivity contribution < 1.29 is 17.3 Å². The third kappa shape index (κ3) is 7.29. The molecule has 0 aliphatic carbocycles. The van der Waals surface area contributed by atoms with E-state index in [9.17, 15) is 8.42 Å². The van der Waals surface area contributed by atoms with E-state index in [1.54, 1.807) is 7.11 Å². The van der Waals surface area contributed by atoms with E-state index in [1.807, 2.05) is 20.8 Å². The molecule has 0 rings (SSSR count). The first-order valence-corrected chi connectivity index (χ1v) is 6.37. The Morgan fingerprint density at radius 3 is 2.21 bits per heavy atom. The topological polar surface area (TPSA) is 52.6 Å². The maximum absolute atomic E-state index is 10.7. The Kier molecular flexibility index (Phi) is 5.05. The predicted molar refractivity (Wildman–Crippen MR) is 55.7 cm³/mol. The average Bonchev–Trinajstić information content (AvgIpc) is 1.99. The number of hydrogen-bond donors (Lipinski definition) is 0. The maximum atomic E-state index is 10.7. The molecule has 4 nitrogen and oxygen atoms in total. The molecule has 0 unspecified atom stereocenters. The average molecular weight is 224 g/mol. The summed E-state index contributed by atoms with van der Waals surface area (Å²) < 4.78 is 31.4. The summed E-state index contributed by atoms with van der Waals surface area (Å²) >= 11 is 0. The van der Waals surface area contributed by atoms with Crippen molar-refractivity contribution in [3.05, 3.63) is 0 Å². The Labute approximate surface area is 86.7 Å². The molecule has 0 aliphatic rings. The van der Waals surface area contributed by atoms with E-state index < -0.39 is 10.1 Å². The molecule has 86 valence electrons. The van der Waals surface area contributed by atoms with E-state index in [2.05, 4.69) is 0 Å². The SMILES string of the molecule is COC(C)(C)C[C@H](C)COS(C)(=O)=O. The smallest absolute Gasteiger partial charge is 0.264 e. The third-order valence-electron chi connectivity index (χ3n) is 1.96. The van der Waals surface area contributed by atoms with Gasteiger partial charge in [0, 0.05) is 7.11 Å². The molecule has 0 amide bonds. The van der Waals surface area contributed by atoms with Crippen LogP contribution in [0.4, 0.5) is 0 Å². The summed E-state index contributed by atoms with van der Waals surface area (Å²) in [6.07, 6.45) is 1.82. The highest BCUT2D eigenvalue weighted by Crippen LogP contribution is 2.19. The normalized spacial score (nSPS) is 15.5. The lowest BCUT2D eigenvalue weighted by Gasteiger charge is -2.26. The summed E-state index contributed by atoms with van der Waals surface area (Å²) in [7, 11) is -1.68. The molecule has 0 fully saturated rings. The van der Waals surface area contributed by atoms with E-state index in [1.165, 1.54) is 0 Å². The second-order valence-corrected chi connectivity index (χ2v) is 5.91. The van der Waals surface area contributed by atoms with Gasteiger partial charge in [0.15, 0.2) is 0 Å². The lowest BCUT2D eigenvalue weighted by molar-refractivity contribution is -0.000884. The Bertz CT molecular complexity index is 256. The quantitative estimate of drug-likeness (QED) is 0.640. The van der Waals surface area contributed by atoms with E-state index in [0.29, 0.717) is 0 Å². The fourth-order valence-electron chi connectivity index (χ4n) is 1.22. The first-order valence-electron chi connectivity index (χ1n) is 4.56. The Morgan fingerprint density at radius 1 is 1.36 bits per heavy atom. The van der Waals surface area contributed by atoms with Gasteiger partial charge in [-0.1, -0.05) is 6.92 Å². The molecule has 0 aromatic carbocycles. The minimum atomic E-state index is -3.32. The zero-order valence-electron chi connectivity index (χ0n) is 9.53. The maximum Gasteiger partial charge on any atom is 0.264 e. The monoisotopic (exact) mass is 224 g/mol. The molecule has 0 heterocycles. The van der Waals surface area contributed by atoms with Gasteiger partial charge in [-0.15, -0.1) is 0 Å². The van der Waals surface area contributed by atoms with Crippen LogP contribution >= 0.6 is 0 Å². The second-order valence-electron chi connectivity index (χ2n) is 4.26. The van der Waals surface area contributed by atoms with Crippen molar-refractivity contribution in [2.24, 2.45) is 5.92 Å². The highest BCUT2D eigenvalue weighted by atomic mass is 32.2. The second kappa shape index (κ2) is 5.09. The number of ether oxygens (including phenoxy) is 1. The van der Waals surface area contributed by atoms with Crippen molar-refractivity contribution in [1.82, 2.24) is 0 Å². The van der Waals surface area contributed by atoms with Gasteiger partial charge < -0.3 is 4.74 Å².